The number of amides is 2. The molecule has 12 nitrogen and oxygen atoms in total. The summed E-state index contributed by atoms with van der Waals surface area (Å²) in [6, 6.07) is 6.66. The molecule has 13 heteroatoms. The van der Waals surface area contributed by atoms with Crippen molar-refractivity contribution in [3.05, 3.63) is 60.2 Å². The molecule has 2 aliphatic heterocycles. The van der Waals surface area contributed by atoms with Crippen molar-refractivity contribution in [3.63, 3.8) is 0 Å². The first-order valence-corrected chi connectivity index (χ1v) is 12.8. The van der Waals surface area contributed by atoms with Crippen LogP contribution in [0.4, 0.5) is 0 Å². The van der Waals surface area contributed by atoms with Gasteiger partial charge in [0.25, 0.3) is 5.91 Å². The lowest BCUT2D eigenvalue weighted by molar-refractivity contribution is -0.166. The average molecular weight is 537 g/mol. The highest BCUT2D eigenvalue weighted by Crippen LogP contribution is 2.21. The van der Waals surface area contributed by atoms with Crippen LogP contribution in [-0.2, 0) is 34.9 Å². The average Bonchev–Trinajstić information content (AvgIpc) is 2.92. The number of benzene rings is 1. The van der Waals surface area contributed by atoms with Gasteiger partial charge in [-0.05, 0) is 24.9 Å². The van der Waals surface area contributed by atoms with Gasteiger partial charge in [0.05, 0.1) is 25.4 Å². The second-order valence-corrected chi connectivity index (χ2v) is 10.0. The van der Waals surface area contributed by atoms with E-state index in [9.17, 15) is 19.2 Å². The summed E-state index contributed by atoms with van der Waals surface area (Å²) in [6.07, 6.45) is 4.66. The third-order valence-corrected chi connectivity index (χ3v) is 6.63. The Bertz CT molecular complexity index is 1140. The predicted molar refractivity (Wildman–Crippen MR) is 139 cm³/mol. The van der Waals surface area contributed by atoms with Gasteiger partial charge in [-0.1, -0.05) is 44.2 Å². The number of fused-ring (bicyclic) bond motifs is 2. The number of ether oxygens (including phenoxy) is 1. The lowest BCUT2D eigenvalue weighted by atomic mass is 9.73. The third kappa shape index (κ3) is 7.18. The molecule has 2 saturated heterocycles. The summed E-state index contributed by atoms with van der Waals surface area (Å²) < 4.78 is 16.6. The minimum Gasteiger partial charge on any atom is -0.497 e. The molecule has 206 valence electrons. The first kappa shape index (κ1) is 28.2. The van der Waals surface area contributed by atoms with E-state index in [-0.39, 0.29) is 31.2 Å². The van der Waals surface area contributed by atoms with Crippen molar-refractivity contribution in [1.29, 1.82) is 0 Å². The van der Waals surface area contributed by atoms with Crippen molar-refractivity contribution < 1.29 is 33.2 Å². The highest BCUT2D eigenvalue weighted by Gasteiger charge is 2.48. The molecule has 2 aromatic rings. The Morgan fingerprint density at radius 1 is 1.05 bits per heavy atom. The summed E-state index contributed by atoms with van der Waals surface area (Å²) in [6.45, 7) is 4.03. The van der Waals surface area contributed by atoms with Crippen molar-refractivity contribution in [3.8, 4) is 0 Å². The van der Waals surface area contributed by atoms with Gasteiger partial charge in [-0.3, -0.25) is 29.1 Å². The fraction of sp³-hybridized carbons (Fsp3) is 0.462. The van der Waals surface area contributed by atoms with Crippen LogP contribution >= 0.6 is 0 Å². The molecule has 0 aliphatic carbocycles. The zero-order valence-electron chi connectivity index (χ0n) is 22.1. The second kappa shape index (κ2) is 12.8. The molecule has 2 amide bonds. The van der Waals surface area contributed by atoms with Crippen molar-refractivity contribution in [2.45, 2.75) is 50.8 Å². The van der Waals surface area contributed by atoms with E-state index in [0.717, 1.165) is 5.56 Å². The van der Waals surface area contributed by atoms with Gasteiger partial charge in [-0.25, -0.2) is 4.98 Å². The molecule has 0 saturated carbocycles. The number of nitrogens with one attached hydrogen (secondary N) is 2. The normalized spacial score (nSPS) is 21.2. The molecule has 2 fully saturated rings. The van der Waals surface area contributed by atoms with Gasteiger partial charge < -0.3 is 24.7 Å². The molecule has 4 rings (SSSR count). The molecule has 3 heterocycles. The maximum atomic E-state index is 13.6. The Hall–Kier alpha value is -3.84. The van der Waals surface area contributed by atoms with Gasteiger partial charge in [0, 0.05) is 18.8 Å². The van der Waals surface area contributed by atoms with E-state index < -0.39 is 54.9 Å². The smallest absolute Gasteiger partial charge is 0.497 e. The summed E-state index contributed by atoms with van der Waals surface area (Å²) in [4.78, 5) is 61.9. The van der Waals surface area contributed by atoms with Gasteiger partial charge in [0.15, 0.2) is 0 Å². The van der Waals surface area contributed by atoms with E-state index in [1.165, 1.54) is 18.6 Å². The SMILES string of the molecule is CC(C)C[C@H](NC(=O)[C@H](Cc1ccccc1)NC(=O)c1cnccn1)B1OC(=O)[C@H]2COC[C@@H](C(=O)O1)N2C. The van der Waals surface area contributed by atoms with Crippen LogP contribution in [0.25, 0.3) is 0 Å². The van der Waals surface area contributed by atoms with Crippen LogP contribution in [0, 0.1) is 5.92 Å². The highest BCUT2D eigenvalue weighted by atomic mass is 16.6. The van der Waals surface area contributed by atoms with Gasteiger partial charge in [0.1, 0.15) is 23.8 Å². The number of nitrogens with zero attached hydrogens (tertiary/aromatic N) is 3. The van der Waals surface area contributed by atoms with E-state index >= 15 is 0 Å². The molecular weight excluding hydrogens is 505 g/mol. The zero-order valence-corrected chi connectivity index (χ0v) is 22.1. The van der Waals surface area contributed by atoms with E-state index in [1.54, 1.807) is 11.9 Å². The first-order chi connectivity index (χ1) is 18.7. The predicted octanol–water partition coefficient (Wildman–Crippen LogP) is 0.175. The number of hydrogen-bond donors (Lipinski definition) is 2. The minimum absolute atomic E-state index is 0.0467. The highest BCUT2D eigenvalue weighted by molar-refractivity contribution is 6.51. The van der Waals surface area contributed by atoms with Crippen LogP contribution < -0.4 is 10.6 Å². The van der Waals surface area contributed by atoms with Crippen LogP contribution in [0.5, 0.6) is 0 Å². The lowest BCUT2D eigenvalue weighted by Crippen LogP contribution is -2.64. The second-order valence-electron chi connectivity index (χ2n) is 10.0. The van der Waals surface area contributed by atoms with E-state index in [2.05, 4.69) is 20.6 Å². The number of hydrogen-bond acceptors (Lipinski definition) is 10. The molecule has 0 radical (unpaired) electrons. The summed E-state index contributed by atoms with van der Waals surface area (Å²) in [5, 5.41) is 5.60. The quantitative estimate of drug-likeness (QED) is 0.424. The Balaban J connectivity index is 1.56. The van der Waals surface area contributed by atoms with Crippen molar-refractivity contribution in [1.82, 2.24) is 25.5 Å². The zero-order chi connectivity index (χ0) is 27.9. The molecule has 2 aliphatic rings. The van der Waals surface area contributed by atoms with Crippen LogP contribution in [-0.4, -0.2) is 90.1 Å². The topological polar surface area (TPSA) is 149 Å². The first-order valence-electron chi connectivity index (χ1n) is 12.8. The number of likely N-dealkylation sites (N-methyl/N-ethyl adjacent to an activating group) is 1. The largest absolute Gasteiger partial charge is 0.622 e. The number of carbonyl (C=O) groups is 4. The van der Waals surface area contributed by atoms with Crippen molar-refractivity contribution in [2.24, 2.45) is 5.92 Å². The number of carbonyl (C=O) groups excluding carboxylic acids is 4. The molecule has 39 heavy (non-hydrogen) atoms. The Labute approximate surface area is 226 Å². The summed E-state index contributed by atoms with van der Waals surface area (Å²) in [7, 11) is 0.295. The van der Waals surface area contributed by atoms with E-state index in [4.69, 9.17) is 14.0 Å². The Morgan fingerprint density at radius 3 is 2.31 bits per heavy atom. The van der Waals surface area contributed by atoms with Crippen LogP contribution in [0.3, 0.4) is 0 Å². The fourth-order valence-corrected chi connectivity index (χ4v) is 4.52. The van der Waals surface area contributed by atoms with Crippen LogP contribution in [0.1, 0.15) is 36.3 Å². The maximum absolute atomic E-state index is 13.6. The Kier molecular flexibility index (Phi) is 9.26. The molecule has 1 aromatic heterocycles. The molecular formula is C26H32BN5O7. The molecule has 2 bridgehead atoms. The third-order valence-electron chi connectivity index (χ3n) is 6.63. The molecule has 0 spiro atoms. The number of aromatic nitrogens is 2. The molecule has 1 aromatic carbocycles. The van der Waals surface area contributed by atoms with Crippen molar-refractivity contribution >= 4 is 30.9 Å². The molecule has 2 N–H and O–H groups in total. The van der Waals surface area contributed by atoms with E-state index in [1.807, 2.05) is 44.2 Å². The fourth-order valence-electron chi connectivity index (χ4n) is 4.52. The standard InChI is InChI=1S/C26H32BN5O7/c1-16(2)11-22(27-38-25(35)20-14-37-15-21(32(20)3)26(36)39-27)31-23(33)18(12-17-7-5-4-6-8-17)30-24(34)19-13-28-9-10-29-19/h4-10,13,16,18,20-22H,11-12,14-15H2,1-3H3,(H,30,34)(H,31,33)/t18-,20-,21+,22-/m0/s1. The van der Waals surface area contributed by atoms with Gasteiger partial charge in [-0.15, -0.1) is 0 Å². The molecule has 0 unspecified atom stereocenters. The summed E-state index contributed by atoms with van der Waals surface area (Å²) >= 11 is 0. The van der Waals surface area contributed by atoms with Gasteiger partial charge >= 0.3 is 19.1 Å². The van der Waals surface area contributed by atoms with Gasteiger partial charge in [-0.2, -0.15) is 0 Å². The van der Waals surface area contributed by atoms with Crippen molar-refractivity contribution in [2.75, 3.05) is 20.3 Å². The lowest BCUT2D eigenvalue weighted by Gasteiger charge is -2.40. The number of rotatable bonds is 9. The summed E-state index contributed by atoms with van der Waals surface area (Å²) in [5.74, 6) is -3.14. The monoisotopic (exact) mass is 537 g/mol. The van der Waals surface area contributed by atoms with Crippen LogP contribution in [0.15, 0.2) is 48.9 Å². The molecule has 4 atom stereocenters. The van der Waals surface area contributed by atoms with Gasteiger partial charge in [0.2, 0.25) is 5.91 Å². The number of morpholine rings is 1. The minimum atomic E-state index is -1.35. The maximum Gasteiger partial charge on any atom is 0.622 e. The van der Waals surface area contributed by atoms with E-state index in [0.29, 0.717) is 6.42 Å². The Morgan fingerprint density at radius 2 is 1.72 bits per heavy atom. The summed E-state index contributed by atoms with van der Waals surface area (Å²) in [5.41, 5.74) is 0.875. The van der Waals surface area contributed by atoms with Crippen LogP contribution in [0.2, 0.25) is 0 Å².